The van der Waals surface area contributed by atoms with Gasteiger partial charge < -0.3 is 121 Å². The third-order valence-electron chi connectivity index (χ3n) is 29.8. The molecule has 1 saturated carbocycles. The van der Waals surface area contributed by atoms with Gasteiger partial charge in [0.2, 0.25) is 66.9 Å². The molecule has 4 aromatic heterocycles. The smallest absolute Gasteiger partial charge is 0.239 e. The SMILES string of the molecule is CC1(C)N(Cc2ccccc2)c2cc3c(cc2N1c1ccccc1)nc1cc(Cl)ccc1[n+]3-c1ccccc1.CN1c2cc3c(cc2N(c2ccccc2)C1(C)C)nc1cc(Cl)ccc1[n+]3-c1ccccc1.CN1c2cc3c(cc2N(c2ccccc2)C12CCCCC2)nc1cc(Cl)ccc1[n+]3-c1ccccc1.COc1ccc(N2c3cc4nc5cc(Cl)ccc5[n+](-c5ccc(OC)cc5)c4cc3N(C)C2(C)C)cc1.[Cl-].[Cl-].[I-].[I-]. The molecule has 149 heavy (non-hydrogen) atoms. The van der Waals surface area contributed by atoms with Crippen molar-refractivity contribution in [3.63, 3.8) is 0 Å². The van der Waals surface area contributed by atoms with Gasteiger partial charge in [-0.25, -0.2) is 19.9 Å². The Balaban J connectivity index is 0.000000124. The fourth-order valence-corrected chi connectivity index (χ4v) is 23.1. The monoisotopic (exact) mass is 2300 g/mol. The minimum atomic E-state index is -0.322. The highest BCUT2D eigenvalue weighted by atomic mass is 127. The quantitative estimate of drug-likeness (QED) is 0.0657. The molecule has 1 fully saturated rings. The molecule has 18 nitrogen and oxygen atoms in total. The van der Waals surface area contributed by atoms with Crippen LogP contribution in [-0.2, 0) is 6.54 Å². The van der Waals surface area contributed by atoms with Crippen molar-refractivity contribution in [3.8, 4) is 34.2 Å². The van der Waals surface area contributed by atoms with Crippen molar-refractivity contribution in [1.29, 1.82) is 0 Å². The van der Waals surface area contributed by atoms with Crippen LogP contribution in [0.15, 0.2) is 382 Å². The van der Waals surface area contributed by atoms with Gasteiger partial charge in [0.1, 0.15) is 78.3 Å². The molecule has 0 N–H and O–H groups in total. The lowest BCUT2D eigenvalue weighted by Gasteiger charge is -2.47. The van der Waals surface area contributed by atoms with E-state index in [0.29, 0.717) is 20.1 Å². The number of hydrogen-bond donors (Lipinski definition) is 0. The van der Waals surface area contributed by atoms with E-state index in [4.69, 9.17) is 75.8 Å². The van der Waals surface area contributed by atoms with Gasteiger partial charge in [0.05, 0.1) is 59.7 Å². The van der Waals surface area contributed by atoms with Crippen molar-refractivity contribution in [1.82, 2.24) is 19.9 Å². The summed E-state index contributed by atoms with van der Waals surface area (Å²) in [4.78, 5) is 39.8. The van der Waals surface area contributed by atoms with E-state index in [1.54, 1.807) is 14.2 Å². The zero-order valence-corrected chi connectivity index (χ0v) is 93.0. The maximum absolute atomic E-state index is 6.43. The van der Waals surface area contributed by atoms with Crippen LogP contribution in [0.3, 0.4) is 0 Å². The van der Waals surface area contributed by atoms with E-state index in [9.17, 15) is 0 Å². The Hall–Kier alpha value is -13.7. The zero-order valence-electron chi connectivity index (χ0n) is 84.1. The van der Waals surface area contributed by atoms with Gasteiger partial charge in [0.25, 0.3) is 0 Å². The van der Waals surface area contributed by atoms with E-state index >= 15 is 0 Å². The number of methoxy groups -OCH3 is 2. The zero-order chi connectivity index (χ0) is 99.5. The molecule has 0 radical (unpaired) electrons. The second-order valence-electron chi connectivity index (χ2n) is 39.2. The molecule has 0 bridgehead atoms. The summed E-state index contributed by atoms with van der Waals surface area (Å²) >= 11 is 25.6. The van der Waals surface area contributed by atoms with Crippen molar-refractivity contribution < 1.29 is 101 Å². The van der Waals surface area contributed by atoms with Gasteiger partial charge >= 0.3 is 0 Å². The predicted molar refractivity (Wildman–Crippen MR) is 596 cm³/mol. The van der Waals surface area contributed by atoms with E-state index in [1.165, 1.54) is 53.3 Å². The minimum absolute atomic E-state index is 0. The molecule has 21 aromatic rings. The maximum atomic E-state index is 6.43. The molecule has 26 rings (SSSR count). The third kappa shape index (κ3) is 18.5. The third-order valence-corrected chi connectivity index (χ3v) is 30.8. The first-order valence-electron chi connectivity index (χ1n) is 49.2. The molecule has 0 saturated heterocycles. The van der Waals surface area contributed by atoms with Crippen LogP contribution < -0.4 is 140 Å². The van der Waals surface area contributed by atoms with E-state index < -0.39 is 0 Å². The number of nitrogens with zero attached hydrogens (tertiary/aromatic N) is 16. The van der Waals surface area contributed by atoms with Gasteiger partial charge in [0, 0.05) is 168 Å². The topological polar surface area (TPSA) is 111 Å². The molecular weight excluding hydrogens is 2200 g/mol. The Bertz CT molecular complexity index is 8610. The molecule has 26 heteroatoms. The average Bonchev–Trinajstić information content (AvgIpc) is 1.55. The number of aromatic nitrogens is 8. The molecule has 1 aliphatic carbocycles. The minimum Gasteiger partial charge on any atom is -1.00 e. The van der Waals surface area contributed by atoms with Crippen LogP contribution in [0.1, 0.15) is 79.2 Å². The summed E-state index contributed by atoms with van der Waals surface area (Å²) in [5.74, 6) is 1.64. The first-order chi connectivity index (χ1) is 70.4. The van der Waals surface area contributed by atoms with Gasteiger partial charge in [-0.2, -0.15) is 0 Å². The van der Waals surface area contributed by atoms with Crippen molar-refractivity contribution in [2.24, 2.45) is 0 Å². The average molecular weight is 2310 g/mol. The van der Waals surface area contributed by atoms with Gasteiger partial charge in [-0.05, 0) is 218 Å². The number of anilines is 12. The number of hydrogen-bond acceptors (Lipinski definition) is 14. The highest BCUT2D eigenvalue weighted by molar-refractivity contribution is 6.32. The molecule has 748 valence electrons. The van der Waals surface area contributed by atoms with Crippen LogP contribution >= 0.6 is 46.4 Å². The Labute approximate surface area is 934 Å². The molecule has 8 heterocycles. The Morgan fingerprint density at radius 2 is 0.523 bits per heavy atom. The fourth-order valence-electron chi connectivity index (χ4n) is 22.5. The molecule has 4 aliphatic heterocycles. The summed E-state index contributed by atoms with van der Waals surface area (Å²) in [7, 11) is 9.94. The Morgan fingerprint density at radius 1 is 0.262 bits per heavy atom. The van der Waals surface area contributed by atoms with Gasteiger partial charge in [-0.15, -0.1) is 18.3 Å². The van der Waals surface area contributed by atoms with E-state index in [-0.39, 0.29) is 95.4 Å². The molecule has 1 spiro atoms. The Kier molecular flexibility index (Phi) is 29.3. The van der Waals surface area contributed by atoms with Gasteiger partial charge in [0.15, 0.2) is 0 Å². The summed E-state index contributed by atoms with van der Waals surface area (Å²) in [6.07, 6.45) is 6.08. The normalized spacial score (nSPS) is 14.6. The van der Waals surface area contributed by atoms with Crippen LogP contribution in [0.25, 0.3) is 111 Å². The van der Waals surface area contributed by atoms with Crippen LogP contribution in [0.5, 0.6) is 11.5 Å². The number of benzene rings is 17. The lowest BCUT2D eigenvalue weighted by atomic mass is 9.87. The van der Waals surface area contributed by atoms with Crippen molar-refractivity contribution in [2.45, 2.75) is 103 Å². The van der Waals surface area contributed by atoms with Crippen LogP contribution in [-0.4, -0.2) is 77.9 Å². The molecule has 0 amide bonds. The molecule has 0 atom stereocenters. The highest BCUT2D eigenvalue weighted by Gasteiger charge is 2.52. The Morgan fingerprint density at radius 3 is 0.859 bits per heavy atom. The highest BCUT2D eigenvalue weighted by Crippen LogP contribution is 2.57. The van der Waals surface area contributed by atoms with Crippen molar-refractivity contribution in [3.05, 3.63) is 408 Å². The van der Waals surface area contributed by atoms with Crippen LogP contribution in [0.4, 0.5) is 68.2 Å². The lowest BCUT2D eigenvalue weighted by molar-refractivity contribution is -0.538. The van der Waals surface area contributed by atoms with Crippen molar-refractivity contribution in [2.75, 3.05) is 74.6 Å². The number of halogens is 8. The first kappa shape index (κ1) is 104. The van der Waals surface area contributed by atoms with E-state index in [2.05, 4.69) is 405 Å². The standard InChI is InChI=1S/C34H28ClN4.C31H28ClN4.C30H28ClN4O2.C28H24ClN4.2ClH.2HI/c1-34(2)37(23-24-12-6-3-7-13-24)32-22-31-29(21-33(32)39(34)27-16-10-5-11-17-27)36-28-20-25(35)18-19-30(28)38(31)26-14-8-4-9-15-26;1-34-29-21-28-26(33-25-19-22(32)15-16-27(25)35(28)23-11-5-2-6-12-23)20-30(29)36(24-13-7-3-8-14-24)31(34)17-9-4-10-18-31;1-30(2)33(3)28-18-27-25(17-29(28)35(30)21-9-13-23(37-5)14-10-21)32-24-16-19(31)6-15-26(24)34(27)20-7-11-22(36-4)12-8-20;1-28(2)31(3)26-18-25-23(17-27(26)33(28)21-12-8-5-9-13-21)30-22-16-19(29)14-15-24(22)32(25)20-10-6-4-7-11-20;;;;/h3-22H,23H2,1-2H3;2-3,5-8,11-16,19-21H,4,9-10,17-18H2,1H3;6-18H,1-5H3;4-18H,1-3H3;4*1H/q4*+1;;;;/p-4. The summed E-state index contributed by atoms with van der Waals surface area (Å²) in [6, 6.07) is 132. The maximum Gasteiger partial charge on any atom is 0.239 e. The van der Waals surface area contributed by atoms with E-state index in [1.807, 2.05) is 97.1 Å². The van der Waals surface area contributed by atoms with Crippen LogP contribution in [0.2, 0.25) is 20.1 Å². The summed E-state index contributed by atoms with van der Waals surface area (Å²) in [6.45, 7) is 14.3. The molecular formula is C123H108Cl6I2N16O2. The molecule has 0 unspecified atom stereocenters. The lowest BCUT2D eigenvalue weighted by Crippen LogP contribution is -3.00. The summed E-state index contributed by atoms with van der Waals surface area (Å²) in [5, 5.41) is 2.71. The first-order valence-corrected chi connectivity index (χ1v) is 50.7. The number of ether oxygens (including phenoxy) is 2. The number of fused-ring (bicyclic) bond motifs is 12. The second-order valence-corrected chi connectivity index (χ2v) is 40.9. The summed E-state index contributed by atoms with van der Waals surface area (Å²) < 4.78 is 19.9. The van der Waals surface area contributed by atoms with E-state index in [0.717, 1.165) is 182 Å². The predicted octanol–water partition coefficient (Wildman–Crippen LogP) is 17.1. The number of para-hydroxylation sites is 6. The summed E-state index contributed by atoms with van der Waals surface area (Å²) in [5.41, 5.74) is 34.1. The molecule has 5 aliphatic rings. The van der Waals surface area contributed by atoms with Crippen LogP contribution in [0, 0.1) is 0 Å². The number of rotatable bonds is 12. The second kappa shape index (κ2) is 42.0. The largest absolute Gasteiger partial charge is 1.00 e. The van der Waals surface area contributed by atoms with Gasteiger partial charge in [-0.1, -0.05) is 192 Å². The fraction of sp³-hybridized carbons (Fsp3) is 0.171. The van der Waals surface area contributed by atoms with Gasteiger partial charge in [-0.3, -0.25) is 0 Å². The van der Waals surface area contributed by atoms with Crippen molar-refractivity contribution >= 4 is 203 Å². The molecule has 17 aromatic carbocycles.